The number of anilines is 1. The van der Waals surface area contributed by atoms with E-state index in [1.165, 1.54) is 5.56 Å². The molecule has 2 N–H and O–H groups in total. The van der Waals surface area contributed by atoms with E-state index in [9.17, 15) is 9.59 Å². The average Bonchev–Trinajstić information content (AvgIpc) is 3.16. The molecule has 2 amide bonds. The number of ether oxygens (including phenoxy) is 1. The second-order valence-corrected chi connectivity index (χ2v) is 7.15. The Bertz CT molecular complexity index is 814. The number of hydrogen-bond acceptors (Lipinski definition) is 3. The van der Waals surface area contributed by atoms with Crippen molar-refractivity contribution in [2.45, 2.75) is 39.7 Å². The lowest BCUT2D eigenvalue weighted by molar-refractivity contribution is 0.0857. The van der Waals surface area contributed by atoms with Crippen molar-refractivity contribution in [2.75, 3.05) is 18.5 Å². The molecule has 0 aliphatic carbocycles. The van der Waals surface area contributed by atoms with E-state index in [1.807, 2.05) is 32.9 Å². The van der Waals surface area contributed by atoms with Crippen molar-refractivity contribution in [2.24, 2.45) is 0 Å². The zero-order valence-corrected chi connectivity index (χ0v) is 16.1. The molecule has 0 radical (unpaired) electrons. The first kappa shape index (κ1) is 19.1. The topological polar surface area (TPSA) is 67.4 Å². The van der Waals surface area contributed by atoms with Crippen LogP contribution in [0, 0.1) is 20.8 Å². The SMILES string of the molecule is Cc1cc(C)c(NC(=O)c2ccc(C(=O)NCC3CCCO3)cc2)c(C)c1. The lowest BCUT2D eigenvalue weighted by atomic mass is 10.0. The molecule has 0 saturated carbocycles. The van der Waals surface area contributed by atoms with Gasteiger partial charge in [0.2, 0.25) is 0 Å². The van der Waals surface area contributed by atoms with Gasteiger partial charge in [0.1, 0.15) is 0 Å². The Hall–Kier alpha value is -2.66. The van der Waals surface area contributed by atoms with Crippen LogP contribution in [0.15, 0.2) is 36.4 Å². The number of aryl methyl sites for hydroxylation is 3. The first-order valence-corrected chi connectivity index (χ1v) is 9.33. The predicted octanol–water partition coefficient (Wildman–Crippen LogP) is 3.77. The second-order valence-electron chi connectivity index (χ2n) is 7.15. The van der Waals surface area contributed by atoms with Crippen LogP contribution >= 0.6 is 0 Å². The van der Waals surface area contributed by atoms with Crippen LogP contribution in [-0.2, 0) is 4.74 Å². The molecule has 0 bridgehead atoms. The standard InChI is InChI=1S/C22H26N2O3/c1-14-11-15(2)20(16(3)12-14)24-22(26)18-8-6-17(7-9-18)21(25)23-13-19-5-4-10-27-19/h6-9,11-12,19H,4-5,10,13H2,1-3H3,(H,23,25)(H,24,26). The Morgan fingerprint density at radius 3 is 2.15 bits per heavy atom. The molecule has 2 aromatic carbocycles. The van der Waals surface area contributed by atoms with Crippen molar-refractivity contribution in [1.82, 2.24) is 5.32 Å². The van der Waals surface area contributed by atoms with E-state index in [0.29, 0.717) is 17.7 Å². The molecule has 1 heterocycles. The lowest BCUT2D eigenvalue weighted by Crippen LogP contribution is -2.31. The largest absolute Gasteiger partial charge is 0.376 e. The Kier molecular flexibility index (Phi) is 5.91. The number of benzene rings is 2. The fourth-order valence-corrected chi connectivity index (χ4v) is 3.45. The molecule has 3 rings (SSSR count). The van der Waals surface area contributed by atoms with Gasteiger partial charge in [0.15, 0.2) is 0 Å². The maximum atomic E-state index is 12.6. The van der Waals surface area contributed by atoms with Gasteiger partial charge in [-0.1, -0.05) is 17.7 Å². The number of rotatable bonds is 5. The molecule has 1 saturated heterocycles. The Labute approximate surface area is 160 Å². The number of amides is 2. The maximum absolute atomic E-state index is 12.6. The third-order valence-electron chi connectivity index (χ3n) is 4.84. The van der Waals surface area contributed by atoms with Crippen molar-refractivity contribution >= 4 is 17.5 Å². The number of carbonyl (C=O) groups is 2. The molecule has 1 aliphatic heterocycles. The average molecular weight is 366 g/mol. The van der Waals surface area contributed by atoms with Crippen molar-refractivity contribution in [1.29, 1.82) is 0 Å². The van der Waals surface area contributed by atoms with Crippen LogP contribution in [0.3, 0.4) is 0 Å². The molecule has 1 unspecified atom stereocenters. The van der Waals surface area contributed by atoms with Gasteiger partial charge < -0.3 is 15.4 Å². The Balaban J connectivity index is 1.62. The normalized spacial score (nSPS) is 16.2. The zero-order valence-electron chi connectivity index (χ0n) is 16.1. The van der Waals surface area contributed by atoms with Gasteiger partial charge in [-0.15, -0.1) is 0 Å². The van der Waals surface area contributed by atoms with Crippen molar-refractivity contribution in [3.05, 3.63) is 64.2 Å². The number of hydrogen-bond donors (Lipinski definition) is 2. The summed E-state index contributed by atoms with van der Waals surface area (Å²) in [7, 11) is 0. The van der Waals surface area contributed by atoms with Gasteiger partial charge in [-0.05, 0) is 69.0 Å². The van der Waals surface area contributed by atoms with Crippen LogP contribution in [0.25, 0.3) is 0 Å². The molecule has 0 spiro atoms. The Morgan fingerprint density at radius 2 is 1.59 bits per heavy atom. The van der Waals surface area contributed by atoms with Crippen LogP contribution in [0.1, 0.15) is 50.2 Å². The molecule has 142 valence electrons. The van der Waals surface area contributed by atoms with Crippen LogP contribution in [0.4, 0.5) is 5.69 Å². The quantitative estimate of drug-likeness (QED) is 0.846. The predicted molar refractivity (Wildman–Crippen MR) is 106 cm³/mol. The minimum absolute atomic E-state index is 0.111. The summed E-state index contributed by atoms with van der Waals surface area (Å²) in [4.78, 5) is 24.8. The number of carbonyl (C=O) groups excluding carboxylic acids is 2. The summed E-state index contributed by atoms with van der Waals surface area (Å²) in [5.41, 5.74) is 5.12. The number of nitrogens with one attached hydrogen (secondary N) is 2. The van der Waals surface area contributed by atoms with Crippen LogP contribution in [0.2, 0.25) is 0 Å². The van der Waals surface area contributed by atoms with E-state index in [2.05, 4.69) is 10.6 Å². The highest BCUT2D eigenvalue weighted by molar-refractivity contribution is 6.05. The molecule has 0 aromatic heterocycles. The molecular weight excluding hydrogens is 340 g/mol. The summed E-state index contributed by atoms with van der Waals surface area (Å²) in [5, 5.41) is 5.86. The van der Waals surface area contributed by atoms with E-state index < -0.39 is 0 Å². The molecule has 27 heavy (non-hydrogen) atoms. The molecule has 5 heteroatoms. The summed E-state index contributed by atoms with van der Waals surface area (Å²) in [5.74, 6) is -0.334. The zero-order chi connectivity index (χ0) is 19.4. The van der Waals surface area contributed by atoms with Crippen molar-refractivity contribution in [3.8, 4) is 0 Å². The maximum Gasteiger partial charge on any atom is 0.255 e. The minimum atomic E-state index is -0.184. The fraction of sp³-hybridized carbons (Fsp3) is 0.364. The van der Waals surface area contributed by atoms with Crippen LogP contribution in [-0.4, -0.2) is 31.1 Å². The van der Waals surface area contributed by atoms with E-state index in [4.69, 9.17) is 4.74 Å². The Morgan fingerprint density at radius 1 is 1.00 bits per heavy atom. The summed E-state index contributed by atoms with van der Waals surface area (Å²) in [6.07, 6.45) is 2.14. The van der Waals surface area contributed by atoms with Crippen LogP contribution in [0.5, 0.6) is 0 Å². The van der Waals surface area contributed by atoms with Gasteiger partial charge in [0.25, 0.3) is 11.8 Å². The van der Waals surface area contributed by atoms with E-state index >= 15 is 0 Å². The highest BCUT2D eigenvalue weighted by atomic mass is 16.5. The lowest BCUT2D eigenvalue weighted by Gasteiger charge is -2.13. The molecule has 1 aliphatic rings. The molecule has 5 nitrogen and oxygen atoms in total. The summed E-state index contributed by atoms with van der Waals surface area (Å²) >= 11 is 0. The van der Waals surface area contributed by atoms with E-state index in [1.54, 1.807) is 24.3 Å². The van der Waals surface area contributed by atoms with Gasteiger partial charge in [-0.2, -0.15) is 0 Å². The van der Waals surface area contributed by atoms with Gasteiger partial charge in [0.05, 0.1) is 6.10 Å². The molecule has 1 atom stereocenters. The van der Waals surface area contributed by atoms with E-state index in [0.717, 1.165) is 36.3 Å². The minimum Gasteiger partial charge on any atom is -0.376 e. The van der Waals surface area contributed by atoms with E-state index in [-0.39, 0.29) is 17.9 Å². The first-order chi connectivity index (χ1) is 12.9. The molecule has 1 fully saturated rings. The monoisotopic (exact) mass is 366 g/mol. The van der Waals surface area contributed by atoms with Crippen LogP contribution < -0.4 is 10.6 Å². The van der Waals surface area contributed by atoms with Gasteiger partial charge in [-0.25, -0.2) is 0 Å². The summed E-state index contributed by atoms with van der Waals surface area (Å²) in [6.45, 7) is 7.29. The fourth-order valence-electron chi connectivity index (χ4n) is 3.45. The highest BCUT2D eigenvalue weighted by Gasteiger charge is 2.17. The summed E-state index contributed by atoms with van der Waals surface area (Å²) in [6, 6.07) is 10.8. The van der Waals surface area contributed by atoms with Gasteiger partial charge >= 0.3 is 0 Å². The molecular formula is C22H26N2O3. The van der Waals surface area contributed by atoms with Crippen molar-refractivity contribution in [3.63, 3.8) is 0 Å². The van der Waals surface area contributed by atoms with Gasteiger partial charge in [-0.3, -0.25) is 9.59 Å². The third-order valence-corrected chi connectivity index (χ3v) is 4.84. The smallest absolute Gasteiger partial charge is 0.255 e. The highest BCUT2D eigenvalue weighted by Crippen LogP contribution is 2.22. The second kappa shape index (κ2) is 8.35. The molecule has 2 aromatic rings. The first-order valence-electron chi connectivity index (χ1n) is 9.33. The summed E-state index contributed by atoms with van der Waals surface area (Å²) < 4.78 is 5.51. The third kappa shape index (κ3) is 4.74. The van der Waals surface area contributed by atoms with Gasteiger partial charge in [0, 0.05) is 30.0 Å². The van der Waals surface area contributed by atoms with Crippen molar-refractivity contribution < 1.29 is 14.3 Å².